The molecule has 94 valence electrons. The van der Waals surface area contributed by atoms with Crippen LogP contribution in [0.15, 0.2) is 42.5 Å². The van der Waals surface area contributed by atoms with E-state index in [4.69, 9.17) is 23.2 Å². The standard InChI is InChI=1S/C14H11Cl2IO/c15-12-3-1-2-11(14(12)16)13(18)8-9-4-6-10(17)7-5-9/h1-7,13,18H,8H2. The maximum Gasteiger partial charge on any atom is 0.0845 e. The van der Waals surface area contributed by atoms with Crippen LogP contribution in [-0.2, 0) is 6.42 Å². The largest absolute Gasteiger partial charge is 0.388 e. The van der Waals surface area contributed by atoms with Crippen LogP contribution in [0, 0.1) is 3.57 Å². The van der Waals surface area contributed by atoms with Crippen LogP contribution in [0.1, 0.15) is 17.2 Å². The highest BCUT2D eigenvalue weighted by Gasteiger charge is 2.14. The molecule has 1 N–H and O–H groups in total. The Hall–Kier alpha value is -0.290. The van der Waals surface area contributed by atoms with Crippen LogP contribution in [0.4, 0.5) is 0 Å². The van der Waals surface area contributed by atoms with Crippen molar-refractivity contribution in [3.05, 3.63) is 67.2 Å². The molecule has 0 fully saturated rings. The molecule has 4 heteroatoms. The summed E-state index contributed by atoms with van der Waals surface area (Å²) in [6.45, 7) is 0. The second-order valence-electron chi connectivity index (χ2n) is 3.99. The van der Waals surface area contributed by atoms with Crippen molar-refractivity contribution in [1.82, 2.24) is 0 Å². The van der Waals surface area contributed by atoms with Crippen LogP contribution in [-0.4, -0.2) is 5.11 Å². The predicted octanol–water partition coefficient (Wildman–Crippen LogP) is 4.87. The van der Waals surface area contributed by atoms with Gasteiger partial charge in [0.05, 0.1) is 16.1 Å². The molecule has 0 bridgehead atoms. The molecule has 0 aliphatic heterocycles. The van der Waals surface area contributed by atoms with Crippen molar-refractivity contribution >= 4 is 45.8 Å². The lowest BCUT2D eigenvalue weighted by atomic mass is 10.0. The average molecular weight is 393 g/mol. The zero-order chi connectivity index (χ0) is 13.1. The molecule has 0 spiro atoms. The molecular formula is C14H11Cl2IO. The van der Waals surface area contributed by atoms with Crippen molar-refractivity contribution < 1.29 is 5.11 Å². The smallest absolute Gasteiger partial charge is 0.0845 e. The third-order valence-corrected chi connectivity index (χ3v) is 4.24. The molecule has 0 saturated heterocycles. The van der Waals surface area contributed by atoms with Crippen LogP contribution in [0.2, 0.25) is 10.0 Å². The summed E-state index contributed by atoms with van der Waals surface area (Å²) in [4.78, 5) is 0. The van der Waals surface area contributed by atoms with E-state index in [1.54, 1.807) is 18.2 Å². The van der Waals surface area contributed by atoms with E-state index in [9.17, 15) is 5.11 Å². The van der Waals surface area contributed by atoms with E-state index in [-0.39, 0.29) is 0 Å². The van der Waals surface area contributed by atoms with Crippen LogP contribution in [0.5, 0.6) is 0 Å². The SMILES string of the molecule is OC(Cc1ccc(I)cc1)c1cccc(Cl)c1Cl. The van der Waals surface area contributed by atoms with Crippen molar-refractivity contribution in [2.75, 3.05) is 0 Å². The Labute approximate surface area is 130 Å². The van der Waals surface area contributed by atoms with Gasteiger partial charge in [0.25, 0.3) is 0 Å². The van der Waals surface area contributed by atoms with Gasteiger partial charge in [-0.05, 0) is 46.4 Å². The minimum Gasteiger partial charge on any atom is -0.388 e. The van der Waals surface area contributed by atoms with Crippen molar-refractivity contribution in [3.8, 4) is 0 Å². The monoisotopic (exact) mass is 392 g/mol. The molecule has 0 saturated carbocycles. The van der Waals surface area contributed by atoms with Gasteiger partial charge in [0.1, 0.15) is 0 Å². The second kappa shape index (κ2) is 6.24. The van der Waals surface area contributed by atoms with E-state index in [1.807, 2.05) is 24.3 Å². The Morgan fingerprint density at radius 2 is 1.72 bits per heavy atom. The number of rotatable bonds is 3. The Morgan fingerprint density at radius 3 is 2.39 bits per heavy atom. The molecule has 18 heavy (non-hydrogen) atoms. The van der Waals surface area contributed by atoms with Gasteiger partial charge in [0, 0.05) is 15.6 Å². The highest BCUT2D eigenvalue weighted by molar-refractivity contribution is 14.1. The molecule has 2 aromatic carbocycles. The molecule has 0 radical (unpaired) electrons. The molecule has 0 amide bonds. The molecule has 0 aliphatic rings. The number of aliphatic hydroxyl groups excluding tert-OH is 1. The first-order valence-corrected chi connectivity index (χ1v) is 7.28. The van der Waals surface area contributed by atoms with Gasteiger partial charge in [-0.25, -0.2) is 0 Å². The van der Waals surface area contributed by atoms with Crippen molar-refractivity contribution in [3.63, 3.8) is 0 Å². The highest BCUT2D eigenvalue weighted by Crippen LogP contribution is 2.31. The summed E-state index contributed by atoms with van der Waals surface area (Å²) in [5.74, 6) is 0. The first-order chi connectivity index (χ1) is 8.58. The lowest BCUT2D eigenvalue weighted by molar-refractivity contribution is 0.178. The van der Waals surface area contributed by atoms with Crippen molar-refractivity contribution in [2.24, 2.45) is 0 Å². The summed E-state index contributed by atoms with van der Waals surface area (Å²) in [6.07, 6.45) is -0.118. The van der Waals surface area contributed by atoms with Crippen LogP contribution in [0.3, 0.4) is 0 Å². The van der Waals surface area contributed by atoms with Gasteiger partial charge in [-0.1, -0.05) is 47.5 Å². The summed E-state index contributed by atoms with van der Waals surface area (Å²) in [5, 5.41) is 11.1. The topological polar surface area (TPSA) is 20.2 Å². The predicted molar refractivity (Wildman–Crippen MR) is 84.3 cm³/mol. The minimum absolute atomic E-state index is 0.428. The van der Waals surface area contributed by atoms with Gasteiger partial charge >= 0.3 is 0 Å². The Morgan fingerprint density at radius 1 is 1.06 bits per heavy atom. The van der Waals surface area contributed by atoms with E-state index >= 15 is 0 Å². The van der Waals surface area contributed by atoms with E-state index in [2.05, 4.69) is 22.6 Å². The fourth-order valence-electron chi connectivity index (χ4n) is 1.73. The van der Waals surface area contributed by atoms with Crippen LogP contribution >= 0.6 is 45.8 Å². The maximum atomic E-state index is 10.2. The average Bonchev–Trinajstić information content (AvgIpc) is 2.35. The normalized spacial score (nSPS) is 12.4. The first-order valence-electron chi connectivity index (χ1n) is 5.44. The quantitative estimate of drug-likeness (QED) is 0.738. The van der Waals surface area contributed by atoms with E-state index in [0.29, 0.717) is 22.0 Å². The minimum atomic E-state index is -0.642. The molecule has 1 atom stereocenters. The fraction of sp³-hybridized carbons (Fsp3) is 0.143. The second-order valence-corrected chi connectivity index (χ2v) is 6.02. The number of hydrogen-bond acceptors (Lipinski definition) is 1. The Bertz CT molecular complexity index is 540. The van der Waals surface area contributed by atoms with Gasteiger partial charge in [-0.2, -0.15) is 0 Å². The fourth-order valence-corrected chi connectivity index (χ4v) is 2.52. The molecule has 2 rings (SSSR count). The Kier molecular flexibility index (Phi) is 4.90. The zero-order valence-corrected chi connectivity index (χ0v) is 13.1. The zero-order valence-electron chi connectivity index (χ0n) is 9.41. The van der Waals surface area contributed by atoms with Gasteiger partial charge in [-0.15, -0.1) is 0 Å². The van der Waals surface area contributed by atoms with Crippen LogP contribution in [0.25, 0.3) is 0 Å². The third kappa shape index (κ3) is 3.38. The summed E-state index contributed by atoms with van der Waals surface area (Å²) in [6, 6.07) is 13.3. The van der Waals surface area contributed by atoms with E-state index in [0.717, 1.165) is 5.56 Å². The van der Waals surface area contributed by atoms with E-state index < -0.39 is 6.10 Å². The molecule has 1 nitrogen and oxygen atoms in total. The number of benzene rings is 2. The van der Waals surface area contributed by atoms with Crippen molar-refractivity contribution in [2.45, 2.75) is 12.5 Å². The summed E-state index contributed by atoms with van der Waals surface area (Å²) in [7, 11) is 0. The van der Waals surface area contributed by atoms with Gasteiger partial charge in [-0.3, -0.25) is 0 Å². The first kappa shape index (κ1) is 14.1. The molecule has 0 aliphatic carbocycles. The molecular weight excluding hydrogens is 382 g/mol. The van der Waals surface area contributed by atoms with Gasteiger partial charge in [0.15, 0.2) is 0 Å². The van der Waals surface area contributed by atoms with Crippen LogP contribution < -0.4 is 0 Å². The van der Waals surface area contributed by atoms with E-state index in [1.165, 1.54) is 3.57 Å². The van der Waals surface area contributed by atoms with Gasteiger partial charge < -0.3 is 5.11 Å². The molecule has 1 unspecified atom stereocenters. The summed E-state index contributed by atoms with van der Waals surface area (Å²) < 4.78 is 1.17. The number of hydrogen-bond donors (Lipinski definition) is 1. The Balaban J connectivity index is 2.19. The maximum absolute atomic E-state index is 10.2. The highest BCUT2D eigenvalue weighted by atomic mass is 127. The number of aliphatic hydroxyl groups is 1. The number of halogens is 3. The summed E-state index contributed by atoms with van der Waals surface area (Å²) >= 11 is 14.3. The van der Waals surface area contributed by atoms with Gasteiger partial charge in [0.2, 0.25) is 0 Å². The molecule has 2 aromatic rings. The molecule has 0 aromatic heterocycles. The summed E-state index contributed by atoms with van der Waals surface area (Å²) in [5.41, 5.74) is 1.74. The third-order valence-electron chi connectivity index (χ3n) is 2.68. The lowest BCUT2D eigenvalue weighted by Gasteiger charge is -2.13. The van der Waals surface area contributed by atoms with Crippen molar-refractivity contribution in [1.29, 1.82) is 0 Å². The lowest BCUT2D eigenvalue weighted by Crippen LogP contribution is -2.02. The molecule has 0 heterocycles.